The van der Waals surface area contributed by atoms with Gasteiger partial charge in [0, 0.05) is 16.6 Å². The van der Waals surface area contributed by atoms with Gasteiger partial charge >= 0.3 is 0 Å². The van der Waals surface area contributed by atoms with Crippen molar-refractivity contribution < 1.29 is 13.2 Å². The molecule has 0 unspecified atom stereocenters. The Labute approximate surface area is 132 Å². The minimum atomic E-state index is -3.73. The fourth-order valence-electron chi connectivity index (χ4n) is 1.79. The second-order valence-corrected chi connectivity index (χ2v) is 6.88. The van der Waals surface area contributed by atoms with E-state index < -0.39 is 10.0 Å². The van der Waals surface area contributed by atoms with Gasteiger partial charge in [0.15, 0.2) is 0 Å². The largest absolute Gasteiger partial charge is 0.457 e. The Bertz CT molecular complexity index is 730. The van der Waals surface area contributed by atoms with E-state index in [0.29, 0.717) is 23.6 Å². The highest BCUT2D eigenvalue weighted by Crippen LogP contribution is 2.28. The Morgan fingerprint density at radius 1 is 1.19 bits per heavy atom. The third kappa shape index (κ3) is 4.28. The van der Waals surface area contributed by atoms with Crippen LogP contribution in [0.15, 0.2) is 51.8 Å². The molecule has 0 bridgehead atoms. The van der Waals surface area contributed by atoms with Crippen molar-refractivity contribution in [1.82, 2.24) is 5.32 Å². The summed E-state index contributed by atoms with van der Waals surface area (Å²) in [5.74, 6) is 1.25. The zero-order chi connectivity index (χ0) is 15.5. The van der Waals surface area contributed by atoms with Gasteiger partial charge in [-0.1, -0.05) is 15.9 Å². The normalized spacial score (nSPS) is 11.4. The lowest BCUT2D eigenvalue weighted by Crippen LogP contribution is -2.14. The smallest absolute Gasteiger partial charge is 0.238 e. The molecule has 0 saturated carbocycles. The van der Waals surface area contributed by atoms with Gasteiger partial charge in [0.05, 0.1) is 4.90 Å². The van der Waals surface area contributed by atoms with Gasteiger partial charge in [-0.15, -0.1) is 0 Å². The number of benzene rings is 2. The van der Waals surface area contributed by atoms with Crippen molar-refractivity contribution >= 4 is 26.0 Å². The SMILES string of the molecule is CNCc1cc(S(N)(=O)=O)ccc1Oc1ccc(Br)cc1. The molecule has 0 radical (unpaired) electrons. The van der Waals surface area contributed by atoms with Crippen LogP contribution in [-0.4, -0.2) is 15.5 Å². The van der Waals surface area contributed by atoms with Crippen LogP contribution in [0.4, 0.5) is 0 Å². The molecular weight excluding hydrogens is 356 g/mol. The van der Waals surface area contributed by atoms with Crippen LogP contribution >= 0.6 is 15.9 Å². The minimum Gasteiger partial charge on any atom is -0.457 e. The number of primary sulfonamides is 1. The molecule has 0 aliphatic rings. The van der Waals surface area contributed by atoms with E-state index in [0.717, 1.165) is 4.47 Å². The summed E-state index contributed by atoms with van der Waals surface area (Å²) in [7, 11) is -1.96. The maximum absolute atomic E-state index is 11.4. The van der Waals surface area contributed by atoms with E-state index in [1.165, 1.54) is 12.1 Å². The predicted octanol–water partition coefficient (Wildman–Crippen LogP) is 2.61. The summed E-state index contributed by atoms with van der Waals surface area (Å²) in [6, 6.07) is 11.9. The first-order valence-corrected chi connectivity index (χ1v) is 8.48. The first-order valence-electron chi connectivity index (χ1n) is 6.14. The highest BCUT2D eigenvalue weighted by atomic mass is 79.9. The lowest BCUT2D eigenvalue weighted by molar-refractivity contribution is 0.473. The molecule has 3 N–H and O–H groups in total. The monoisotopic (exact) mass is 370 g/mol. The van der Waals surface area contributed by atoms with Crippen molar-refractivity contribution in [3.63, 3.8) is 0 Å². The molecule has 0 aliphatic carbocycles. The van der Waals surface area contributed by atoms with E-state index >= 15 is 0 Å². The highest BCUT2D eigenvalue weighted by molar-refractivity contribution is 9.10. The molecule has 0 saturated heterocycles. The number of nitrogens with one attached hydrogen (secondary N) is 1. The summed E-state index contributed by atoms with van der Waals surface area (Å²) in [4.78, 5) is 0.0657. The molecule has 0 spiro atoms. The zero-order valence-electron chi connectivity index (χ0n) is 11.3. The van der Waals surface area contributed by atoms with Crippen LogP contribution < -0.4 is 15.2 Å². The Morgan fingerprint density at radius 2 is 1.86 bits per heavy atom. The first kappa shape index (κ1) is 16.0. The van der Waals surface area contributed by atoms with Crippen molar-refractivity contribution in [3.8, 4) is 11.5 Å². The number of rotatable bonds is 5. The Morgan fingerprint density at radius 3 is 2.43 bits per heavy atom. The van der Waals surface area contributed by atoms with Gasteiger partial charge in [-0.25, -0.2) is 13.6 Å². The highest BCUT2D eigenvalue weighted by Gasteiger charge is 2.12. The molecule has 21 heavy (non-hydrogen) atoms. The maximum atomic E-state index is 11.4. The van der Waals surface area contributed by atoms with Gasteiger partial charge in [0.1, 0.15) is 11.5 Å². The number of halogens is 1. The zero-order valence-corrected chi connectivity index (χ0v) is 13.7. The van der Waals surface area contributed by atoms with Gasteiger partial charge in [-0.05, 0) is 49.5 Å². The van der Waals surface area contributed by atoms with Crippen molar-refractivity contribution in [2.75, 3.05) is 7.05 Å². The third-order valence-electron chi connectivity index (χ3n) is 2.77. The average molecular weight is 371 g/mol. The maximum Gasteiger partial charge on any atom is 0.238 e. The van der Waals surface area contributed by atoms with Crippen molar-refractivity contribution in [2.45, 2.75) is 11.4 Å². The molecule has 0 fully saturated rings. The summed E-state index contributed by atoms with van der Waals surface area (Å²) in [6.45, 7) is 0.467. The molecule has 0 aromatic heterocycles. The lowest BCUT2D eigenvalue weighted by atomic mass is 10.2. The summed E-state index contributed by atoms with van der Waals surface area (Å²) in [5, 5.41) is 8.12. The number of nitrogens with two attached hydrogens (primary N) is 1. The van der Waals surface area contributed by atoms with Crippen LogP contribution in [-0.2, 0) is 16.6 Å². The number of ether oxygens (including phenoxy) is 1. The topological polar surface area (TPSA) is 81.4 Å². The van der Waals surface area contributed by atoms with Crippen LogP contribution in [0.2, 0.25) is 0 Å². The first-order chi connectivity index (χ1) is 9.90. The summed E-state index contributed by atoms with van der Waals surface area (Å²) in [6.07, 6.45) is 0. The number of hydrogen-bond donors (Lipinski definition) is 2. The van der Waals surface area contributed by atoms with Crippen molar-refractivity contribution in [3.05, 3.63) is 52.5 Å². The Balaban J connectivity index is 2.36. The molecule has 0 heterocycles. The van der Waals surface area contributed by atoms with Crippen LogP contribution in [0.3, 0.4) is 0 Å². The van der Waals surface area contributed by atoms with E-state index in [1.54, 1.807) is 13.1 Å². The number of hydrogen-bond acceptors (Lipinski definition) is 4. The second kappa shape index (κ2) is 6.57. The van der Waals surface area contributed by atoms with Gasteiger partial charge < -0.3 is 10.1 Å². The predicted molar refractivity (Wildman–Crippen MR) is 84.8 cm³/mol. The molecule has 2 aromatic carbocycles. The number of sulfonamides is 1. The van der Waals surface area contributed by atoms with Gasteiger partial charge in [-0.2, -0.15) is 0 Å². The van der Waals surface area contributed by atoms with E-state index in [-0.39, 0.29) is 4.90 Å². The molecule has 112 valence electrons. The summed E-state index contributed by atoms with van der Waals surface area (Å²) in [5.41, 5.74) is 0.715. The van der Waals surface area contributed by atoms with E-state index in [2.05, 4.69) is 21.2 Å². The van der Waals surface area contributed by atoms with Crippen molar-refractivity contribution in [1.29, 1.82) is 0 Å². The minimum absolute atomic E-state index is 0.0657. The Kier molecular flexibility index (Phi) is 5.00. The summed E-state index contributed by atoms with van der Waals surface area (Å²) < 4.78 is 29.6. The quantitative estimate of drug-likeness (QED) is 0.847. The molecule has 2 rings (SSSR count). The summed E-state index contributed by atoms with van der Waals surface area (Å²) >= 11 is 3.36. The second-order valence-electron chi connectivity index (χ2n) is 4.40. The van der Waals surface area contributed by atoms with Gasteiger partial charge in [0.25, 0.3) is 0 Å². The molecule has 0 atom stereocenters. The fourth-order valence-corrected chi connectivity index (χ4v) is 2.62. The van der Waals surface area contributed by atoms with Crippen LogP contribution in [0.25, 0.3) is 0 Å². The van der Waals surface area contributed by atoms with Gasteiger partial charge in [-0.3, -0.25) is 0 Å². The lowest BCUT2D eigenvalue weighted by Gasteiger charge is -2.12. The average Bonchev–Trinajstić information content (AvgIpc) is 2.42. The fraction of sp³-hybridized carbons (Fsp3) is 0.143. The molecular formula is C14H15BrN2O3S. The molecule has 2 aromatic rings. The van der Waals surface area contributed by atoms with Gasteiger partial charge in [0.2, 0.25) is 10.0 Å². The van der Waals surface area contributed by atoms with Crippen LogP contribution in [0.1, 0.15) is 5.56 Å². The molecule has 0 amide bonds. The Hall–Kier alpha value is -1.41. The van der Waals surface area contributed by atoms with Crippen LogP contribution in [0, 0.1) is 0 Å². The van der Waals surface area contributed by atoms with E-state index in [1.807, 2.05) is 24.3 Å². The molecule has 7 heteroatoms. The van der Waals surface area contributed by atoms with Crippen LogP contribution in [0.5, 0.6) is 11.5 Å². The molecule has 5 nitrogen and oxygen atoms in total. The van der Waals surface area contributed by atoms with Crippen molar-refractivity contribution in [2.24, 2.45) is 5.14 Å². The standard InChI is InChI=1S/C14H15BrN2O3S/c1-17-9-10-8-13(21(16,18)19)6-7-14(10)20-12-4-2-11(15)3-5-12/h2-8,17H,9H2,1H3,(H2,16,18,19). The third-order valence-corrected chi connectivity index (χ3v) is 4.21. The molecule has 0 aliphatic heterocycles. The van der Waals surface area contributed by atoms with E-state index in [9.17, 15) is 8.42 Å². The van der Waals surface area contributed by atoms with E-state index in [4.69, 9.17) is 9.88 Å².